The van der Waals surface area contributed by atoms with Gasteiger partial charge in [-0.15, -0.1) is 0 Å². The Hall–Kier alpha value is -2.44. The number of nitrogens with zero attached hydrogens (tertiary/aromatic N) is 3. The molecule has 1 aliphatic rings. The number of nitrogens with one attached hydrogen (secondary N) is 2. The number of aromatic nitrogens is 3. The summed E-state index contributed by atoms with van der Waals surface area (Å²) in [5.74, 6) is 2.21. The second-order valence-corrected chi connectivity index (χ2v) is 7.38. The van der Waals surface area contributed by atoms with Crippen molar-refractivity contribution in [2.45, 2.75) is 58.5 Å². The number of carbonyl (C=O) groups is 1. The van der Waals surface area contributed by atoms with Crippen molar-refractivity contribution in [2.24, 2.45) is 11.8 Å². The summed E-state index contributed by atoms with van der Waals surface area (Å²) in [7, 11) is 0. The van der Waals surface area contributed by atoms with E-state index in [1.54, 1.807) is 18.6 Å². The molecule has 0 radical (unpaired) electrons. The van der Waals surface area contributed by atoms with E-state index >= 15 is 0 Å². The van der Waals surface area contributed by atoms with Crippen LogP contribution in [0.1, 0.15) is 51.0 Å². The van der Waals surface area contributed by atoms with Crippen molar-refractivity contribution in [1.29, 1.82) is 0 Å². The minimum Gasteiger partial charge on any atom is -0.366 e. The third-order valence-corrected chi connectivity index (χ3v) is 4.68. The van der Waals surface area contributed by atoms with Crippen molar-refractivity contribution < 1.29 is 9.32 Å². The van der Waals surface area contributed by atoms with E-state index in [0.29, 0.717) is 24.3 Å². The second kappa shape index (κ2) is 8.78. The van der Waals surface area contributed by atoms with Crippen LogP contribution < -0.4 is 10.6 Å². The molecule has 0 atom stereocenters. The average molecular weight is 357 g/mol. The van der Waals surface area contributed by atoms with Gasteiger partial charge < -0.3 is 15.2 Å². The normalized spacial score (nSPS) is 20.1. The first kappa shape index (κ1) is 18.4. The van der Waals surface area contributed by atoms with Gasteiger partial charge in [-0.05, 0) is 38.0 Å². The van der Waals surface area contributed by atoms with Gasteiger partial charge in [-0.1, -0.05) is 19.0 Å². The Kier molecular flexibility index (Phi) is 6.20. The van der Waals surface area contributed by atoms with E-state index in [4.69, 9.17) is 4.52 Å². The largest absolute Gasteiger partial charge is 0.366 e. The third-order valence-electron chi connectivity index (χ3n) is 4.68. The van der Waals surface area contributed by atoms with Crippen LogP contribution in [0.15, 0.2) is 29.2 Å². The zero-order valence-electron chi connectivity index (χ0n) is 15.4. The Bertz CT molecular complexity index is 693. The van der Waals surface area contributed by atoms with Crippen molar-refractivity contribution in [2.75, 3.05) is 5.32 Å². The maximum absolute atomic E-state index is 12.4. The number of carbonyl (C=O) groups excluding carboxylic acids is 1. The minimum atomic E-state index is 0.0629. The third kappa shape index (κ3) is 5.28. The molecule has 2 N–H and O–H groups in total. The maximum Gasteiger partial charge on any atom is 0.223 e. The molecule has 0 unspecified atom stereocenters. The molecule has 26 heavy (non-hydrogen) atoms. The summed E-state index contributed by atoms with van der Waals surface area (Å²) in [6.07, 6.45) is 9.61. The molecule has 2 aromatic rings. The smallest absolute Gasteiger partial charge is 0.223 e. The quantitative estimate of drug-likeness (QED) is 0.791. The SMILES string of the molecule is CC(C)Cc1cc(CNC(=O)C2CCC(Nc3cnccn3)CC2)on1. The van der Waals surface area contributed by atoms with Gasteiger partial charge in [-0.3, -0.25) is 9.78 Å². The number of anilines is 1. The summed E-state index contributed by atoms with van der Waals surface area (Å²) in [5.41, 5.74) is 0.944. The highest BCUT2D eigenvalue weighted by Gasteiger charge is 2.26. The summed E-state index contributed by atoms with van der Waals surface area (Å²) in [6.45, 7) is 4.69. The van der Waals surface area contributed by atoms with E-state index in [1.165, 1.54) is 0 Å². The number of hydrogen-bond donors (Lipinski definition) is 2. The fourth-order valence-electron chi connectivity index (χ4n) is 3.35. The molecule has 1 saturated carbocycles. The van der Waals surface area contributed by atoms with Crippen LogP contribution in [0, 0.1) is 11.8 Å². The first-order valence-corrected chi connectivity index (χ1v) is 9.35. The Labute approximate surface area is 154 Å². The van der Waals surface area contributed by atoms with Gasteiger partial charge in [0.2, 0.25) is 5.91 Å². The summed E-state index contributed by atoms with van der Waals surface area (Å²) < 4.78 is 5.30. The highest BCUT2D eigenvalue weighted by molar-refractivity contribution is 5.78. The van der Waals surface area contributed by atoms with Crippen molar-refractivity contribution in [1.82, 2.24) is 20.4 Å². The van der Waals surface area contributed by atoms with Gasteiger partial charge in [-0.2, -0.15) is 0 Å². The molecular weight excluding hydrogens is 330 g/mol. The zero-order chi connectivity index (χ0) is 18.4. The van der Waals surface area contributed by atoms with Crippen molar-refractivity contribution in [3.05, 3.63) is 36.1 Å². The second-order valence-electron chi connectivity index (χ2n) is 7.38. The summed E-state index contributed by atoms with van der Waals surface area (Å²) in [4.78, 5) is 20.7. The van der Waals surface area contributed by atoms with Gasteiger partial charge in [0.25, 0.3) is 0 Å². The van der Waals surface area contributed by atoms with Crippen LogP contribution in [0.3, 0.4) is 0 Å². The van der Waals surface area contributed by atoms with E-state index in [0.717, 1.165) is 43.6 Å². The van der Waals surface area contributed by atoms with Crippen LogP contribution in [0.2, 0.25) is 0 Å². The molecule has 0 aliphatic heterocycles. The van der Waals surface area contributed by atoms with Gasteiger partial charge >= 0.3 is 0 Å². The fraction of sp³-hybridized carbons (Fsp3) is 0.579. The highest BCUT2D eigenvalue weighted by Crippen LogP contribution is 2.26. The van der Waals surface area contributed by atoms with E-state index in [1.807, 2.05) is 6.07 Å². The highest BCUT2D eigenvalue weighted by atomic mass is 16.5. The van der Waals surface area contributed by atoms with E-state index in [9.17, 15) is 4.79 Å². The molecule has 2 heterocycles. The molecule has 7 heteroatoms. The van der Waals surface area contributed by atoms with Crippen LogP contribution in [-0.2, 0) is 17.8 Å². The lowest BCUT2D eigenvalue weighted by Gasteiger charge is -2.28. The molecule has 0 bridgehead atoms. The van der Waals surface area contributed by atoms with Crippen LogP contribution >= 0.6 is 0 Å². The molecule has 3 rings (SSSR count). The van der Waals surface area contributed by atoms with Gasteiger partial charge in [0.15, 0.2) is 5.76 Å². The summed E-state index contributed by atoms with van der Waals surface area (Å²) in [5, 5.41) is 10.4. The zero-order valence-corrected chi connectivity index (χ0v) is 15.4. The number of hydrogen-bond acceptors (Lipinski definition) is 6. The molecule has 140 valence electrons. The summed E-state index contributed by atoms with van der Waals surface area (Å²) >= 11 is 0. The Morgan fingerprint density at radius 2 is 2.08 bits per heavy atom. The maximum atomic E-state index is 12.4. The molecule has 1 fully saturated rings. The Morgan fingerprint density at radius 1 is 1.27 bits per heavy atom. The average Bonchev–Trinajstić information content (AvgIpc) is 3.08. The predicted molar refractivity (Wildman–Crippen MR) is 98.3 cm³/mol. The van der Waals surface area contributed by atoms with E-state index in [2.05, 4.69) is 39.6 Å². The molecule has 7 nitrogen and oxygen atoms in total. The Balaban J connectivity index is 1.40. The Morgan fingerprint density at radius 3 is 2.77 bits per heavy atom. The van der Waals surface area contributed by atoms with Gasteiger partial charge in [0.05, 0.1) is 18.4 Å². The van der Waals surface area contributed by atoms with Crippen LogP contribution in [0.25, 0.3) is 0 Å². The van der Waals surface area contributed by atoms with E-state index in [-0.39, 0.29) is 11.8 Å². The van der Waals surface area contributed by atoms with Crippen LogP contribution in [-0.4, -0.2) is 27.1 Å². The number of rotatable bonds is 7. The van der Waals surface area contributed by atoms with Crippen molar-refractivity contribution in [3.8, 4) is 0 Å². The van der Waals surface area contributed by atoms with Crippen molar-refractivity contribution >= 4 is 11.7 Å². The minimum absolute atomic E-state index is 0.0629. The number of amides is 1. The molecule has 0 aromatic carbocycles. The van der Waals surface area contributed by atoms with Crippen molar-refractivity contribution in [3.63, 3.8) is 0 Å². The van der Waals surface area contributed by atoms with Gasteiger partial charge in [0, 0.05) is 30.4 Å². The lowest BCUT2D eigenvalue weighted by molar-refractivity contribution is -0.126. The molecule has 2 aromatic heterocycles. The van der Waals surface area contributed by atoms with Gasteiger partial charge in [0.1, 0.15) is 5.82 Å². The van der Waals surface area contributed by atoms with E-state index < -0.39 is 0 Å². The molecule has 1 aliphatic carbocycles. The molecule has 0 saturated heterocycles. The summed E-state index contributed by atoms with van der Waals surface area (Å²) in [6, 6.07) is 2.28. The van der Waals surface area contributed by atoms with Gasteiger partial charge in [-0.25, -0.2) is 4.98 Å². The first-order valence-electron chi connectivity index (χ1n) is 9.35. The van der Waals surface area contributed by atoms with Crippen LogP contribution in [0.5, 0.6) is 0 Å². The standard InChI is InChI=1S/C19H27N5O2/c1-13(2)9-16-10-17(26-24-16)11-22-19(25)14-3-5-15(6-4-14)23-18-12-20-7-8-21-18/h7-8,10,12-15H,3-6,9,11H2,1-2H3,(H,21,23)(H,22,25). The molecular formula is C19H27N5O2. The predicted octanol–water partition coefficient (Wildman–Crippen LogP) is 2.95. The lowest BCUT2D eigenvalue weighted by atomic mass is 9.85. The monoisotopic (exact) mass is 357 g/mol. The topological polar surface area (TPSA) is 92.9 Å². The fourth-order valence-corrected chi connectivity index (χ4v) is 3.35. The molecule has 0 spiro atoms. The first-order chi connectivity index (χ1) is 12.6. The van der Waals surface area contributed by atoms with Crippen LogP contribution in [0.4, 0.5) is 5.82 Å². The lowest BCUT2D eigenvalue weighted by Crippen LogP contribution is -2.35. The molecule has 1 amide bonds.